The average Bonchev–Trinajstić information content (AvgIpc) is 2.91. The fourth-order valence-corrected chi connectivity index (χ4v) is 3.99. The minimum Gasteiger partial charge on any atom is -0.468 e. The molecule has 5 nitrogen and oxygen atoms in total. The predicted octanol–water partition coefficient (Wildman–Crippen LogP) is 3.69. The number of halogens is 1. The number of carbonyl (C=O) groups excluding carboxylic acids is 2. The number of rotatable bonds is 3. The van der Waals surface area contributed by atoms with Crippen LogP contribution < -0.4 is 4.80 Å². The number of esters is 1. The van der Waals surface area contributed by atoms with E-state index >= 15 is 0 Å². The van der Waals surface area contributed by atoms with Gasteiger partial charge < -0.3 is 9.30 Å². The zero-order valence-corrected chi connectivity index (χ0v) is 16.1. The number of hydrogen-bond acceptors (Lipinski definition) is 4. The molecule has 1 amide bonds. The zero-order chi connectivity index (χ0) is 18.0. The Labute approximate surface area is 156 Å². The van der Waals surface area contributed by atoms with Crippen molar-refractivity contribution in [2.45, 2.75) is 13.5 Å². The minimum absolute atomic E-state index is 0.00192. The quantitative estimate of drug-likeness (QED) is 0.609. The van der Waals surface area contributed by atoms with Crippen LogP contribution in [0.15, 0.2) is 51.9 Å². The van der Waals surface area contributed by atoms with E-state index < -0.39 is 5.97 Å². The molecule has 7 heteroatoms. The highest BCUT2D eigenvalue weighted by molar-refractivity contribution is 9.10. The number of fused-ring (bicyclic) bond motifs is 1. The highest BCUT2D eigenvalue weighted by atomic mass is 79.9. The van der Waals surface area contributed by atoms with Crippen LogP contribution >= 0.6 is 27.3 Å². The van der Waals surface area contributed by atoms with Crippen molar-refractivity contribution in [3.8, 4) is 0 Å². The van der Waals surface area contributed by atoms with Gasteiger partial charge in [-0.15, -0.1) is 0 Å². The van der Waals surface area contributed by atoms with Crippen molar-refractivity contribution >= 4 is 49.4 Å². The maximum Gasteiger partial charge on any atom is 0.325 e. The topological polar surface area (TPSA) is 60.7 Å². The Bertz CT molecular complexity index is 1040. The van der Waals surface area contributed by atoms with Gasteiger partial charge in [-0.3, -0.25) is 9.59 Å². The highest BCUT2D eigenvalue weighted by Gasteiger charge is 2.12. The molecule has 0 spiro atoms. The number of aryl methyl sites for hydroxylation is 1. The number of benzene rings is 2. The summed E-state index contributed by atoms with van der Waals surface area (Å²) in [6.45, 7) is 1.92. The SMILES string of the molecule is COC(=O)Cn1c(=NC(=O)c2cccc(C)c2)sc2cc(Br)ccc21. The Morgan fingerprint density at radius 3 is 2.76 bits per heavy atom. The van der Waals surface area contributed by atoms with Crippen LogP contribution in [0.25, 0.3) is 10.2 Å². The van der Waals surface area contributed by atoms with Crippen LogP contribution in [0, 0.1) is 6.92 Å². The van der Waals surface area contributed by atoms with Crippen molar-refractivity contribution in [1.29, 1.82) is 0 Å². The second-order valence-electron chi connectivity index (χ2n) is 5.45. The molecule has 25 heavy (non-hydrogen) atoms. The molecule has 0 fully saturated rings. The van der Waals surface area contributed by atoms with E-state index in [0.29, 0.717) is 10.4 Å². The van der Waals surface area contributed by atoms with Crippen molar-refractivity contribution in [2.75, 3.05) is 7.11 Å². The lowest BCUT2D eigenvalue weighted by Gasteiger charge is -2.03. The summed E-state index contributed by atoms with van der Waals surface area (Å²) in [5.74, 6) is -0.736. The molecule has 0 saturated carbocycles. The van der Waals surface area contributed by atoms with Crippen LogP contribution in [-0.2, 0) is 16.1 Å². The van der Waals surface area contributed by atoms with E-state index in [1.165, 1.54) is 18.4 Å². The van der Waals surface area contributed by atoms with Gasteiger partial charge in [0.1, 0.15) is 6.54 Å². The first-order valence-corrected chi connectivity index (χ1v) is 9.10. The van der Waals surface area contributed by atoms with E-state index in [4.69, 9.17) is 4.74 Å². The molecule has 0 radical (unpaired) electrons. The Balaban J connectivity index is 2.15. The highest BCUT2D eigenvalue weighted by Crippen LogP contribution is 2.22. The van der Waals surface area contributed by atoms with Gasteiger partial charge in [-0.05, 0) is 37.3 Å². The minimum atomic E-state index is -0.396. The third kappa shape index (κ3) is 3.88. The molecule has 128 valence electrons. The first-order chi connectivity index (χ1) is 12.0. The summed E-state index contributed by atoms with van der Waals surface area (Å²) in [4.78, 5) is 29.0. The molecular weight excluding hydrogens is 404 g/mol. The van der Waals surface area contributed by atoms with Crippen molar-refractivity contribution in [2.24, 2.45) is 4.99 Å². The second kappa shape index (κ2) is 7.33. The number of ether oxygens (including phenoxy) is 1. The lowest BCUT2D eigenvalue weighted by atomic mass is 10.1. The van der Waals surface area contributed by atoms with E-state index in [-0.39, 0.29) is 12.5 Å². The summed E-state index contributed by atoms with van der Waals surface area (Å²) in [7, 11) is 1.34. The summed E-state index contributed by atoms with van der Waals surface area (Å²) >= 11 is 4.79. The van der Waals surface area contributed by atoms with Gasteiger partial charge in [0.2, 0.25) is 0 Å². The van der Waals surface area contributed by atoms with E-state index in [1.54, 1.807) is 16.7 Å². The van der Waals surface area contributed by atoms with Gasteiger partial charge in [0.15, 0.2) is 4.80 Å². The smallest absolute Gasteiger partial charge is 0.325 e. The molecule has 0 saturated heterocycles. The molecule has 0 aliphatic carbocycles. The maximum atomic E-state index is 12.5. The third-order valence-corrected chi connectivity index (χ3v) is 5.16. The van der Waals surface area contributed by atoms with Gasteiger partial charge in [-0.1, -0.05) is 45.0 Å². The maximum absolute atomic E-state index is 12.5. The van der Waals surface area contributed by atoms with Crippen molar-refractivity contribution < 1.29 is 14.3 Å². The van der Waals surface area contributed by atoms with Gasteiger partial charge in [0, 0.05) is 10.0 Å². The average molecular weight is 419 g/mol. The third-order valence-electron chi connectivity index (χ3n) is 3.62. The molecule has 0 aliphatic heterocycles. The van der Waals surface area contributed by atoms with Gasteiger partial charge in [0.05, 0.1) is 17.3 Å². The number of nitrogens with zero attached hydrogens (tertiary/aromatic N) is 2. The number of aromatic nitrogens is 1. The summed E-state index contributed by atoms with van der Waals surface area (Å²) in [6, 6.07) is 13.0. The summed E-state index contributed by atoms with van der Waals surface area (Å²) in [5, 5.41) is 0. The van der Waals surface area contributed by atoms with Crippen molar-refractivity contribution in [3.63, 3.8) is 0 Å². The Morgan fingerprint density at radius 1 is 1.24 bits per heavy atom. The Kier molecular flexibility index (Phi) is 5.15. The van der Waals surface area contributed by atoms with Crippen molar-refractivity contribution in [1.82, 2.24) is 4.57 Å². The normalized spacial score (nSPS) is 11.7. The van der Waals surface area contributed by atoms with Crippen LogP contribution in [0.2, 0.25) is 0 Å². The van der Waals surface area contributed by atoms with Gasteiger partial charge >= 0.3 is 5.97 Å². The molecular formula is C18H15BrN2O3S. The summed E-state index contributed by atoms with van der Waals surface area (Å²) < 4.78 is 8.31. The molecule has 2 aromatic carbocycles. The van der Waals surface area contributed by atoms with Crippen LogP contribution in [0.5, 0.6) is 0 Å². The number of amides is 1. The van der Waals surface area contributed by atoms with Crippen LogP contribution in [0.4, 0.5) is 0 Å². The number of thiazole rings is 1. The number of hydrogen-bond donors (Lipinski definition) is 0. The zero-order valence-electron chi connectivity index (χ0n) is 13.7. The van der Waals surface area contributed by atoms with Crippen LogP contribution in [-0.4, -0.2) is 23.6 Å². The largest absolute Gasteiger partial charge is 0.468 e. The molecule has 3 aromatic rings. The van der Waals surface area contributed by atoms with E-state index in [9.17, 15) is 9.59 Å². The number of methoxy groups -OCH3 is 1. The molecule has 0 bridgehead atoms. The van der Waals surface area contributed by atoms with E-state index in [1.807, 2.05) is 37.3 Å². The van der Waals surface area contributed by atoms with E-state index in [0.717, 1.165) is 20.3 Å². The van der Waals surface area contributed by atoms with Gasteiger partial charge in [-0.2, -0.15) is 4.99 Å². The summed E-state index contributed by atoms with van der Waals surface area (Å²) in [6.07, 6.45) is 0. The van der Waals surface area contributed by atoms with Crippen molar-refractivity contribution in [3.05, 3.63) is 62.9 Å². The molecule has 0 aliphatic rings. The molecule has 0 unspecified atom stereocenters. The first-order valence-electron chi connectivity index (χ1n) is 7.49. The molecule has 3 rings (SSSR count). The fourth-order valence-electron chi connectivity index (χ4n) is 2.41. The monoisotopic (exact) mass is 418 g/mol. The van der Waals surface area contributed by atoms with E-state index in [2.05, 4.69) is 20.9 Å². The first kappa shape index (κ1) is 17.6. The predicted molar refractivity (Wildman–Crippen MR) is 101 cm³/mol. The standard InChI is InChI=1S/C18H15BrN2O3S/c1-11-4-3-5-12(8-11)17(23)20-18-21(10-16(22)24-2)14-7-6-13(19)9-15(14)25-18/h3-9H,10H2,1-2H3. The molecule has 1 heterocycles. The lowest BCUT2D eigenvalue weighted by molar-refractivity contribution is -0.141. The van der Waals surface area contributed by atoms with Crippen LogP contribution in [0.3, 0.4) is 0 Å². The molecule has 1 aromatic heterocycles. The number of carbonyl (C=O) groups is 2. The Hall–Kier alpha value is -2.25. The van der Waals surface area contributed by atoms with Gasteiger partial charge in [-0.25, -0.2) is 0 Å². The lowest BCUT2D eigenvalue weighted by Crippen LogP contribution is -2.22. The molecule has 0 N–H and O–H groups in total. The molecule has 0 atom stereocenters. The fraction of sp³-hybridized carbons (Fsp3) is 0.167. The Morgan fingerprint density at radius 2 is 2.04 bits per heavy atom. The second-order valence-corrected chi connectivity index (χ2v) is 7.37. The van der Waals surface area contributed by atoms with Gasteiger partial charge in [0.25, 0.3) is 5.91 Å². The summed E-state index contributed by atoms with van der Waals surface area (Å²) in [5.41, 5.74) is 2.33. The van der Waals surface area contributed by atoms with Crippen LogP contribution in [0.1, 0.15) is 15.9 Å².